The average Bonchev–Trinajstić information content (AvgIpc) is 2.09. The molecular weight excluding hydrogens is 202 g/mol. The number of aliphatic hydroxyl groups excluding tert-OH is 1. The highest BCUT2D eigenvalue weighted by molar-refractivity contribution is 5.41. The molecule has 0 unspecified atom stereocenters. The van der Waals surface area contributed by atoms with Gasteiger partial charge in [-0.25, -0.2) is 0 Å². The van der Waals surface area contributed by atoms with Crippen LogP contribution in [0.3, 0.4) is 0 Å². The lowest BCUT2D eigenvalue weighted by Crippen LogP contribution is -2.10. The van der Waals surface area contributed by atoms with Gasteiger partial charge in [-0.2, -0.15) is 8.78 Å². The largest absolute Gasteiger partial charge is 0.434 e. The van der Waals surface area contributed by atoms with E-state index < -0.39 is 12.7 Å². The Hall–Kier alpha value is -1.16. The molecular formula is C11H14F2O2. The fourth-order valence-electron chi connectivity index (χ4n) is 1.45. The summed E-state index contributed by atoms with van der Waals surface area (Å²) >= 11 is 0. The van der Waals surface area contributed by atoms with E-state index in [-0.39, 0.29) is 5.75 Å². The summed E-state index contributed by atoms with van der Waals surface area (Å²) in [6.07, 6.45) is -0.268. The van der Waals surface area contributed by atoms with Crippen molar-refractivity contribution < 1.29 is 18.6 Å². The molecule has 1 N–H and O–H groups in total. The first-order chi connectivity index (χ1) is 7.00. The topological polar surface area (TPSA) is 29.5 Å². The van der Waals surface area contributed by atoms with Crippen molar-refractivity contribution in [1.29, 1.82) is 0 Å². The Kier molecular flexibility index (Phi) is 4.03. The number of alkyl halides is 2. The van der Waals surface area contributed by atoms with Gasteiger partial charge in [0.15, 0.2) is 0 Å². The minimum atomic E-state index is -2.83. The van der Waals surface area contributed by atoms with Gasteiger partial charge in [0, 0.05) is 6.42 Å². The van der Waals surface area contributed by atoms with Gasteiger partial charge in [0.1, 0.15) is 5.75 Å². The van der Waals surface area contributed by atoms with E-state index in [1.165, 1.54) is 0 Å². The fraction of sp³-hybridized carbons (Fsp3) is 0.455. The lowest BCUT2D eigenvalue weighted by molar-refractivity contribution is -0.0511. The van der Waals surface area contributed by atoms with Gasteiger partial charge in [-0.05, 0) is 25.0 Å². The molecule has 0 aliphatic heterocycles. The summed E-state index contributed by atoms with van der Waals surface area (Å²) in [5.41, 5.74) is 1.25. The maximum atomic E-state index is 12.1. The Morgan fingerprint density at radius 2 is 2.07 bits per heavy atom. The molecule has 0 bridgehead atoms. The van der Waals surface area contributed by atoms with Crippen LogP contribution in [-0.2, 0) is 6.42 Å². The number of aryl methyl sites for hydroxylation is 1. The summed E-state index contributed by atoms with van der Waals surface area (Å²) in [4.78, 5) is 0. The molecule has 0 saturated heterocycles. The highest BCUT2D eigenvalue weighted by Gasteiger charge is 2.13. The predicted octanol–water partition coefficient (Wildman–Crippen LogP) is 2.52. The van der Waals surface area contributed by atoms with Crippen molar-refractivity contribution in [2.75, 3.05) is 0 Å². The molecule has 4 heteroatoms. The maximum absolute atomic E-state index is 12.1. The first-order valence-corrected chi connectivity index (χ1v) is 4.72. The van der Waals surface area contributed by atoms with Crippen LogP contribution in [0, 0.1) is 6.92 Å². The minimum Gasteiger partial charge on any atom is -0.434 e. The van der Waals surface area contributed by atoms with Crippen molar-refractivity contribution in [3.05, 3.63) is 29.3 Å². The van der Waals surface area contributed by atoms with Crippen molar-refractivity contribution in [2.45, 2.75) is 33.0 Å². The molecule has 0 aliphatic carbocycles. The van der Waals surface area contributed by atoms with E-state index in [2.05, 4.69) is 4.74 Å². The minimum absolute atomic E-state index is 0.174. The number of hydrogen-bond donors (Lipinski definition) is 1. The summed E-state index contributed by atoms with van der Waals surface area (Å²) in [6.45, 7) is 0.469. The zero-order chi connectivity index (χ0) is 11.4. The van der Waals surface area contributed by atoms with Crippen molar-refractivity contribution >= 4 is 0 Å². The Morgan fingerprint density at radius 1 is 1.40 bits per heavy atom. The van der Waals surface area contributed by atoms with Crippen molar-refractivity contribution in [2.24, 2.45) is 0 Å². The van der Waals surface area contributed by atoms with Gasteiger partial charge < -0.3 is 9.84 Å². The number of para-hydroxylation sites is 1. The summed E-state index contributed by atoms with van der Waals surface area (Å²) in [5, 5.41) is 9.21. The smallest absolute Gasteiger partial charge is 0.387 e. The lowest BCUT2D eigenvalue weighted by Gasteiger charge is -2.14. The van der Waals surface area contributed by atoms with Crippen molar-refractivity contribution in [3.8, 4) is 5.75 Å². The molecule has 0 heterocycles. The van der Waals surface area contributed by atoms with Crippen LogP contribution in [0.5, 0.6) is 5.75 Å². The molecule has 84 valence electrons. The summed E-state index contributed by atoms with van der Waals surface area (Å²) < 4.78 is 28.7. The number of benzene rings is 1. The van der Waals surface area contributed by atoms with Gasteiger partial charge in [-0.1, -0.05) is 18.2 Å². The Morgan fingerprint density at radius 3 is 2.60 bits per heavy atom. The number of rotatable bonds is 4. The molecule has 1 atom stereocenters. The Balaban J connectivity index is 2.97. The number of aliphatic hydroxyl groups is 1. The van der Waals surface area contributed by atoms with Crippen LogP contribution in [0.1, 0.15) is 18.1 Å². The molecule has 0 aromatic heterocycles. The second-order valence-electron chi connectivity index (χ2n) is 3.49. The lowest BCUT2D eigenvalue weighted by atomic mass is 10.0. The molecule has 1 rings (SSSR count). The molecule has 1 aromatic rings. The fourth-order valence-corrected chi connectivity index (χ4v) is 1.45. The zero-order valence-corrected chi connectivity index (χ0v) is 8.71. The van der Waals surface area contributed by atoms with Gasteiger partial charge in [0.05, 0.1) is 6.10 Å². The molecule has 1 aromatic carbocycles. The highest BCUT2D eigenvalue weighted by atomic mass is 19.3. The van der Waals surface area contributed by atoms with Gasteiger partial charge in [-0.15, -0.1) is 0 Å². The van der Waals surface area contributed by atoms with Gasteiger partial charge in [-0.3, -0.25) is 0 Å². The zero-order valence-electron chi connectivity index (χ0n) is 8.71. The van der Waals surface area contributed by atoms with Crippen LogP contribution in [0.4, 0.5) is 8.78 Å². The Labute approximate surface area is 87.5 Å². The summed E-state index contributed by atoms with van der Waals surface area (Å²) in [6, 6.07) is 5.13. The first kappa shape index (κ1) is 11.9. The van der Waals surface area contributed by atoms with E-state index in [0.717, 1.165) is 0 Å². The first-order valence-electron chi connectivity index (χ1n) is 4.72. The maximum Gasteiger partial charge on any atom is 0.387 e. The van der Waals surface area contributed by atoms with Crippen LogP contribution < -0.4 is 4.74 Å². The van der Waals surface area contributed by atoms with E-state index in [9.17, 15) is 13.9 Å². The molecule has 2 nitrogen and oxygen atoms in total. The second-order valence-corrected chi connectivity index (χ2v) is 3.49. The summed E-state index contributed by atoms with van der Waals surface area (Å²) in [5.74, 6) is 0.174. The standard InChI is InChI=1S/C11H14F2O2/c1-7-4-3-5-9(6-8(2)14)10(7)15-11(12)13/h3-5,8,11,14H,6H2,1-2H3/t8-/m0/s1. The molecule has 0 aliphatic rings. The average molecular weight is 216 g/mol. The van der Waals surface area contributed by atoms with E-state index in [4.69, 9.17) is 0 Å². The number of hydrogen-bond acceptors (Lipinski definition) is 2. The number of halogens is 2. The molecule has 0 amide bonds. The third-order valence-electron chi connectivity index (χ3n) is 2.02. The predicted molar refractivity (Wildman–Crippen MR) is 53.2 cm³/mol. The van der Waals surface area contributed by atoms with E-state index in [0.29, 0.717) is 17.5 Å². The highest BCUT2D eigenvalue weighted by Crippen LogP contribution is 2.26. The molecule has 15 heavy (non-hydrogen) atoms. The molecule has 0 radical (unpaired) electrons. The Bertz CT molecular complexity index is 324. The van der Waals surface area contributed by atoms with Crippen LogP contribution in [0.25, 0.3) is 0 Å². The van der Waals surface area contributed by atoms with E-state index in [1.54, 1.807) is 32.0 Å². The monoisotopic (exact) mass is 216 g/mol. The van der Waals surface area contributed by atoms with Crippen LogP contribution in [0.2, 0.25) is 0 Å². The normalized spacial score (nSPS) is 12.9. The molecule has 0 fully saturated rings. The second kappa shape index (κ2) is 5.07. The van der Waals surface area contributed by atoms with Gasteiger partial charge in [0.2, 0.25) is 0 Å². The third-order valence-corrected chi connectivity index (χ3v) is 2.02. The van der Waals surface area contributed by atoms with Gasteiger partial charge >= 0.3 is 6.61 Å². The summed E-state index contributed by atoms with van der Waals surface area (Å²) in [7, 11) is 0. The quantitative estimate of drug-likeness (QED) is 0.838. The van der Waals surface area contributed by atoms with Crippen molar-refractivity contribution in [3.63, 3.8) is 0 Å². The van der Waals surface area contributed by atoms with E-state index in [1.807, 2.05) is 0 Å². The van der Waals surface area contributed by atoms with Crippen molar-refractivity contribution in [1.82, 2.24) is 0 Å². The van der Waals surface area contributed by atoms with Crippen LogP contribution >= 0.6 is 0 Å². The third kappa shape index (κ3) is 3.47. The SMILES string of the molecule is Cc1cccc(C[C@H](C)O)c1OC(F)F. The van der Waals surface area contributed by atoms with E-state index >= 15 is 0 Å². The van der Waals surface area contributed by atoms with Gasteiger partial charge in [0.25, 0.3) is 0 Å². The number of ether oxygens (including phenoxy) is 1. The molecule has 0 saturated carbocycles. The molecule has 0 spiro atoms. The van der Waals surface area contributed by atoms with Crippen LogP contribution in [0.15, 0.2) is 18.2 Å². The van der Waals surface area contributed by atoms with Crippen LogP contribution in [-0.4, -0.2) is 17.8 Å².